The van der Waals surface area contributed by atoms with Crippen LogP contribution in [0.5, 0.6) is 0 Å². The van der Waals surface area contributed by atoms with E-state index in [1.54, 1.807) is 7.11 Å². The molecule has 0 spiro atoms. The van der Waals surface area contributed by atoms with Gasteiger partial charge in [-0.05, 0) is 12.8 Å². The molecule has 2 rings (SSSR count). The number of rotatable bonds is 6. The Hall–Kier alpha value is -0.910. The first-order chi connectivity index (χ1) is 8.40. The van der Waals surface area contributed by atoms with Crippen molar-refractivity contribution in [1.29, 1.82) is 0 Å². The lowest BCUT2D eigenvalue weighted by Gasteiger charge is -2.22. The summed E-state index contributed by atoms with van der Waals surface area (Å²) >= 11 is 0. The molecule has 1 unspecified atom stereocenters. The van der Waals surface area contributed by atoms with Crippen molar-refractivity contribution >= 4 is 0 Å². The van der Waals surface area contributed by atoms with Gasteiger partial charge in [0, 0.05) is 33.0 Å². The van der Waals surface area contributed by atoms with Crippen molar-refractivity contribution in [1.82, 2.24) is 14.9 Å². The zero-order chi connectivity index (χ0) is 11.9. The van der Waals surface area contributed by atoms with Crippen LogP contribution in [0.1, 0.15) is 24.6 Å². The number of hydrogen-bond acceptors (Lipinski definition) is 4. The van der Waals surface area contributed by atoms with E-state index < -0.39 is 0 Å². The molecule has 2 heterocycles. The number of nitrogens with zero attached hydrogens (tertiary/aromatic N) is 2. The van der Waals surface area contributed by atoms with E-state index in [2.05, 4.69) is 21.1 Å². The van der Waals surface area contributed by atoms with Crippen molar-refractivity contribution < 1.29 is 9.47 Å². The van der Waals surface area contributed by atoms with E-state index in [0.29, 0.717) is 6.04 Å². The van der Waals surface area contributed by atoms with Crippen LogP contribution in [-0.4, -0.2) is 43.0 Å². The monoisotopic (exact) mass is 239 g/mol. The normalized spacial score (nSPS) is 20.6. The molecule has 1 aromatic heterocycles. The third kappa shape index (κ3) is 3.80. The van der Waals surface area contributed by atoms with Crippen LogP contribution in [-0.2, 0) is 16.0 Å². The number of imidazole rings is 1. The standard InChI is InChI=1S/C12H21N3O2/c1-16-6-4-13-7-11-8-15(10-14-11)12-3-2-5-17-9-12/h8,10,12-13H,2-7,9H2,1H3. The maximum atomic E-state index is 5.48. The van der Waals surface area contributed by atoms with Crippen LogP contribution in [0.4, 0.5) is 0 Å². The summed E-state index contributed by atoms with van der Waals surface area (Å²) in [5.74, 6) is 0. The van der Waals surface area contributed by atoms with Crippen LogP contribution in [0.15, 0.2) is 12.5 Å². The van der Waals surface area contributed by atoms with Crippen molar-refractivity contribution in [3.63, 3.8) is 0 Å². The van der Waals surface area contributed by atoms with Gasteiger partial charge in [0.15, 0.2) is 0 Å². The average Bonchev–Trinajstić information content (AvgIpc) is 2.85. The summed E-state index contributed by atoms with van der Waals surface area (Å²) in [6.45, 7) is 4.10. The Morgan fingerprint density at radius 2 is 2.59 bits per heavy atom. The lowest BCUT2D eigenvalue weighted by molar-refractivity contribution is 0.0591. The van der Waals surface area contributed by atoms with E-state index in [0.717, 1.165) is 45.0 Å². The fraction of sp³-hybridized carbons (Fsp3) is 0.750. The quantitative estimate of drug-likeness (QED) is 0.752. The molecule has 0 aliphatic carbocycles. The van der Waals surface area contributed by atoms with E-state index in [-0.39, 0.29) is 0 Å². The minimum atomic E-state index is 0.462. The van der Waals surface area contributed by atoms with Gasteiger partial charge in [-0.1, -0.05) is 0 Å². The second-order valence-corrected chi connectivity index (χ2v) is 4.35. The summed E-state index contributed by atoms with van der Waals surface area (Å²) in [4.78, 5) is 4.39. The molecule has 5 heteroatoms. The Balaban J connectivity index is 1.78. The third-order valence-corrected chi connectivity index (χ3v) is 3.00. The molecule has 1 N–H and O–H groups in total. The maximum absolute atomic E-state index is 5.48. The topological polar surface area (TPSA) is 48.3 Å². The Morgan fingerprint density at radius 3 is 3.35 bits per heavy atom. The average molecular weight is 239 g/mol. The van der Waals surface area contributed by atoms with Gasteiger partial charge in [0.1, 0.15) is 0 Å². The number of nitrogens with one attached hydrogen (secondary N) is 1. The summed E-state index contributed by atoms with van der Waals surface area (Å²) in [5, 5.41) is 3.29. The maximum Gasteiger partial charge on any atom is 0.0953 e. The molecule has 0 bridgehead atoms. The number of aromatic nitrogens is 2. The van der Waals surface area contributed by atoms with Gasteiger partial charge in [0.25, 0.3) is 0 Å². The molecule has 1 aliphatic heterocycles. The zero-order valence-electron chi connectivity index (χ0n) is 10.4. The predicted octanol–water partition coefficient (Wildman–Crippen LogP) is 0.971. The summed E-state index contributed by atoms with van der Waals surface area (Å²) < 4.78 is 12.6. The van der Waals surface area contributed by atoms with Crippen LogP contribution in [0, 0.1) is 0 Å². The molecule has 0 amide bonds. The van der Waals surface area contributed by atoms with Crippen molar-refractivity contribution in [3.8, 4) is 0 Å². The first kappa shape index (κ1) is 12.5. The smallest absolute Gasteiger partial charge is 0.0953 e. The predicted molar refractivity (Wildman–Crippen MR) is 64.9 cm³/mol. The van der Waals surface area contributed by atoms with Crippen molar-refractivity contribution in [2.45, 2.75) is 25.4 Å². The first-order valence-electron chi connectivity index (χ1n) is 6.20. The van der Waals surface area contributed by atoms with Gasteiger partial charge >= 0.3 is 0 Å². The van der Waals surface area contributed by atoms with Crippen LogP contribution >= 0.6 is 0 Å². The summed E-state index contributed by atoms with van der Waals surface area (Å²) in [6, 6.07) is 0.462. The van der Waals surface area contributed by atoms with E-state index in [1.807, 2.05) is 6.33 Å². The minimum absolute atomic E-state index is 0.462. The largest absolute Gasteiger partial charge is 0.383 e. The lowest BCUT2D eigenvalue weighted by atomic mass is 10.1. The van der Waals surface area contributed by atoms with Crippen LogP contribution < -0.4 is 5.32 Å². The molecule has 0 saturated carbocycles. The minimum Gasteiger partial charge on any atom is -0.383 e. The molecule has 1 saturated heterocycles. The summed E-state index contributed by atoms with van der Waals surface area (Å²) in [6.07, 6.45) is 6.35. The van der Waals surface area contributed by atoms with Gasteiger partial charge in [0.05, 0.1) is 31.3 Å². The van der Waals surface area contributed by atoms with Gasteiger partial charge in [-0.15, -0.1) is 0 Å². The van der Waals surface area contributed by atoms with Crippen molar-refractivity contribution in [3.05, 3.63) is 18.2 Å². The highest BCUT2D eigenvalue weighted by Gasteiger charge is 2.15. The van der Waals surface area contributed by atoms with Crippen LogP contribution in [0.3, 0.4) is 0 Å². The molecular formula is C12H21N3O2. The molecule has 17 heavy (non-hydrogen) atoms. The van der Waals surface area contributed by atoms with Gasteiger partial charge in [-0.3, -0.25) is 0 Å². The highest BCUT2D eigenvalue weighted by molar-refractivity contribution is 4.98. The van der Waals surface area contributed by atoms with Crippen molar-refractivity contribution in [2.75, 3.05) is 33.5 Å². The zero-order valence-corrected chi connectivity index (χ0v) is 10.4. The molecular weight excluding hydrogens is 218 g/mol. The Labute approximate surface area is 102 Å². The van der Waals surface area contributed by atoms with Gasteiger partial charge < -0.3 is 19.4 Å². The van der Waals surface area contributed by atoms with Gasteiger partial charge in [-0.2, -0.15) is 0 Å². The van der Waals surface area contributed by atoms with E-state index >= 15 is 0 Å². The highest BCUT2D eigenvalue weighted by atomic mass is 16.5. The number of ether oxygens (including phenoxy) is 2. The second kappa shape index (κ2) is 6.74. The Bertz CT molecular complexity index is 321. The molecule has 1 aliphatic rings. The fourth-order valence-electron chi connectivity index (χ4n) is 2.02. The van der Waals surface area contributed by atoms with E-state index in [9.17, 15) is 0 Å². The van der Waals surface area contributed by atoms with Gasteiger partial charge in [0.2, 0.25) is 0 Å². The number of hydrogen-bond donors (Lipinski definition) is 1. The third-order valence-electron chi connectivity index (χ3n) is 3.00. The van der Waals surface area contributed by atoms with E-state index in [4.69, 9.17) is 9.47 Å². The van der Waals surface area contributed by atoms with Crippen LogP contribution in [0.2, 0.25) is 0 Å². The summed E-state index contributed by atoms with van der Waals surface area (Å²) in [5.41, 5.74) is 1.08. The molecule has 1 fully saturated rings. The Kier molecular flexibility index (Phi) is 4.97. The summed E-state index contributed by atoms with van der Waals surface area (Å²) in [7, 11) is 1.71. The van der Waals surface area contributed by atoms with Crippen molar-refractivity contribution in [2.24, 2.45) is 0 Å². The molecule has 5 nitrogen and oxygen atoms in total. The molecule has 0 aromatic carbocycles. The molecule has 1 aromatic rings. The fourth-order valence-corrected chi connectivity index (χ4v) is 2.02. The Morgan fingerprint density at radius 1 is 1.65 bits per heavy atom. The van der Waals surface area contributed by atoms with E-state index in [1.165, 1.54) is 6.42 Å². The van der Waals surface area contributed by atoms with Crippen LogP contribution in [0.25, 0.3) is 0 Å². The molecule has 96 valence electrons. The highest BCUT2D eigenvalue weighted by Crippen LogP contribution is 2.19. The lowest BCUT2D eigenvalue weighted by Crippen LogP contribution is -2.20. The molecule has 0 radical (unpaired) electrons. The van der Waals surface area contributed by atoms with Gasteiger partial charge in [-0.25, -0.2) is 4.98 Å². The SMILES string of the molecule is COCCNCc1cn(C2CCCOC2)cn1. The number of methoxy groups -OCH3 is 1. The first-order valence-corrected chi connectivity index (χ1v) is 6.20. The molecule has 1 atom stereocenters. The second-order valence-electron chi connectivity index (χ2n) is 4.35.